The van der Waals surface area contributed by atoms with Crippen LogP contribution in [-0.2, 0) is 0 Å². The molecule has 1 fully saturated rings. The number of nitrogens with one attached hydrogen (secondary N) is 1. The number of halogens is 1. The summed E-state index contributed by atoms with van der Waals surface area (Å²) in [7, 11) is 0. The average Bonchev–Trinajstić information content (AvgIpc) is 3.19. The van der Waals surface area contributed by atoms with Crippen LogP contribution in [0.15, 0.2) is 40.8 Å². The summed E-state index contributed by atoms with van der Waals surface area (Å²) in [6, 6.07) is 11.9. The lowest BCUT2D eigenvalue weighted by atomic mass is 10.0. The number of furan rings is 1. The van der Waals surface area contributed by atoms with Gasteiger partial charge in [0.25, 0.3) is 0 Å². The molecule has 0 radical (unpaired) electrons. The van der Waals surface area contributed by atoms with Crippen molar-refractivity contribution in [3.8, 4) is 5.75 Å². The fraction of sp³-hybridized carbons (Fsp3) is 0.412. The third kappa shape index (κ3) is 3.80. The summed E-state index contributed by atoms with van der Waals surface area (Å²) in [5, 5.41) is 3.92. The highest BCUT2D eigenvalue weighted by Crippen LogP contribution is 2.31. The number of benzene rings is 1. The second-order valence-corrected chi connectivity index (χ2v) is 5.79. The van der Waals surface area contributed by atoms with Crippen molar-refractivity contribution >= 4 is 11.6 Å². The van der Waals surface area contributed by atoms with Gasteiger partial charge in [-0.25, -0.2) is 0 Å². The zero-order valence-electron chi connectivity index (χ0n) is 12.1. The summed E-state index contributed by atoms with van der Waals surface area (Å²) in [5.41, 5.74) is 1.13. The van der Waals surface area contributed by atoms with E-state index in [4.69, 9.17) is 20.8 Å². The summed E-state index contributed by atoms with van der Waals surface area (Å²) in [6.07, 6.45) is 3.79. The molecule has 3 rings (SSSR count). The first-order chi connectivity index (χ1) is 10.3. The summed E-state index contributed by atoms with van der Waals surface area (Å²) >= 11 is 5.92. The van der Waals surface area contributed by atoms with Crippen LogP contribution in [-0.4, -0.2) is 12.6 Å². The van der Waals surface area contributed by atoms with E-state index in [-0.39, 0.29) is 6.04 Å². The van der Waals surface area contributed by atoms with Crippen LogP contribution in [0.1, 0.15) is 43.6 Å². The van der Waals surface area contributed by atoms with E-state index in [1.165, 1.54) is 0 Å². The van der Waals surface area contributed by atoms with E-state index in [2.05, 4.69) is 24.4 Å². The summed E-state index contributed by atoms with van der Waals surface area (Å²) < 4.78 is 11.5. The fourth-order valence-electron chi connectivity index (χ4n) is 2.30. The molecule has 2 aromatic rings. The van der Waals surface area contributed by atoms with Crippen molar-refractivity contribution in [1.29, 1.82) is 0 Å². The van der Waals surface area contributed by atoms with Gasteiger partial charge in [-0.15, -0.1) is 0 Å². The highest BCUT2D eigenvalue weighted by atomic mass is 35.5. The Morgan fingerprint density at radius 2 is 2.19 bits per heavy atom. The van der Waals surface area contributed by atoms with Crippen LogP contribution in [0.3, 0.4) is 0 Å². The van der Waals surface area contributed by atoms with Crippen molar-refractivity contribution in [1.82, 2.24) is 5.32 Å². The third-order valence-corrected chi connectivity index (χ3v) is 3.70. The van der Waals surface area contributed by atoms with Gasteiger partial charge in [-0.2, -0.15) is 0 Å². The Balaban J connectivity index is 1.83. The van der Waals surface area contributed by atoms with Crippen LogP contribution < -0.4 is 10.1 Å². The average molecular weight is 306 g/mol. The lowest BCUT2D eigenvalue weighted by Crippen LogP contribution is -2.22. The Morgan fingerprint density at radius 1 is 1.33 bits per heavy atom. The minimum absolute atomic E-state index is 0.000188. The van der Waals surface area contributed by atoms with Crippen molar-refractivity contribution in [2.75, 3.05) is 6.54 Å². The van der Waals surface area contributed by atoms with Crippen LogP contribution in [0.25, 0.3) is 0 Å². The van der Waals surface area contributed by atoms with Crippen molar-refractivity contribution in [3.05, 3.63) is 52.9 Å². The molecule has 1 aliphatic rings. The monoisotopic (exact) mass is 305 g/mol. The molecule has 1 unspecified atom stereocenters. The standard InChI is InChI=1S/C17H20ClNO2/c1-2-10-19-17(15-8-9-16(18)21-15)12-4-3-5-14(11-12)20-13-6-7-13/h3-5,8-9,11,13,17,19H,2,6-7,10H2,1H3. The van der Waals surface area contributed by atoms with E-state index in [1.54, 1.807) is 6.07 Å². The molecule has 1 atom stereocenters. The number of rotatable bonds is 7. The van der Waals surface area contributed by atoms with Gasteiger partial charge in [-0.3, -0.25) is 0 Å². The van der Waals surface area contributed by atoms with Crippen LogP contribution in [0, 0.1) is 0 Å². The van der Waals surface area contributed by atoms with E-state index >= 15 is 0 Å². The lowest BCUT2D eigenvalue weighted by molar-refractivity contribution is 0.302. The first-order valence-corrected chi connectivity index (χ1v) is 7.89. The molecular formula is C17H20ClNO2. The highest BCUT2D eigenvalue weighted by molar-refractivity contribution is 6.28. The molecule has 1 aromatic heterocycles. The van der Waals surface area contributed by atoms with Gasteiger partial charge in [0.05, 0.1) is 12.1 Å². The van der Waals surface area contributed by atoms with Crippen LogP contribution in [0.5, 0.6) is 5.75 Å². The molecule has 1 N–H and O–H groups in total. The van der Waals surface area contributed by atoms with Crippen LogP contribution >= 0.6 is 11.6 Å². The zero-order valence-corrected chi connectivity index (χ0v) is 12.9. The van der Waals surface area contributed by atoms with Gasteiger partial charge in [-0.05, 0) is 67.2 Å². The summed E-state index contributed by atoms with van der Waals surface area (Å²) in [6.45, 7) is 3.06. The second-order valence-electron chi connectivity index (χ2n) is 5.42. The minimum Gasteiger partial charge on any atom is -0.490 e. The van der Waals surface area contributed by atoms with Gasteiger partial charge in [0.1, 0.15) is 11.5 Å². The number of hydrogen-bond donors (Lipinski definition) is 1. The van der Waals surface area contributed by atoms with Crippen molar-refractivity contribution < 1.29 is 9.15 Å². The molecule has 1 aromatic carbocycles. The molecular weight excluding hydrogens is 286 g/mol. The van der Waals surface area contributed by atoms with Crippen LogP contribution in [0.2, 0.25) is 5.22 Å². The Bertz CT molecular complexity index is 592. The van der Waals surface area contributed by atoms with Crippen molar-refractivity contribution in [2.24, 2.45) is 0 Å². The molecule has 0 spiro atoms. The van der Waals surface area contributed by atoms with Gasteiger partial charge in [-0.1, -0.05) is 19.1 Å². The van der Waals surface area contributed by atoms with E-state index in [1.807, 2.05) is 18.2 Å². The van der Waals surface area contributed by atoms with E-state index < -0.39 is 0 Å². The first kappa shape index (κ1) is 14.5. The van der Waals surface area contributed by atoms with E-state index in [0.717, 1.165) is 42.9 Å². The van der Waals surface area contributed by atoms with Gasteiger partial charge < -0.3 is 14.5 Å². The molecule has 0 amide bonds. The smallest absolute Gasteiger partial charge is 0.193 e. The third-order valence-electron chi connectivity index (χ3n) is 3.50. The maximum atomic E-state index is 5.92. The molecule has 0 saturated heterocycles. The van der Waals surface area contributed by atoms with Crippen molar-refractivity contribution in [2.45, 2.75) is 38.3 Å². The summed E-state index contributed by atoms with van der Waals surface area (Å²) in [4.78, 5) is 0. The first-order valence-electron chi connectivity index (χ1n) is 7.51. The molecule has 4 heteroatoms. The maximum Gasteiger partial charge on any atom is 0.193 e. The maximum absolute atomic E-state index is 5.92. The zero-order chi connectivity index (χ0) is 14.7. The Morgan fingerprint density at radius 3 is 2.86 bits per heavy atom. The molecule has 1 aliphatic carbocycles. The van der Waals surface area contributed by atoms with Gasteiger partial charge in [0, 0.05) is 0 Å². The topological polar surface area (TPSA) is 34.4 Å². The van der Waals surface area contributed by atoms with Gasteiger partial charge in [0.15, 0.2) is 5.22 Å². The molecule has 21 heavy (non-hydrogen) atoms. The Labute approximate surface area is 130 Å². The van der Waals surface area contributed by atoms with Crippen LogP contribution in [0.4, 0.5) is 0 Å². The molecule has 3 nitrogen and oxygen atoms in total. The predicted octanol–water partition coefficient (Wildman–Crippen LogP) is 4.56. The molecule has 1 saturated carbocycles. The summed E-state index contributed by atoms with van der Waals surface area (Å²) in [5.74, 6) is 1.76. The number of hydrogen-bond acceptors (Lipinski definition) is 3. The highest BCUT2D eigenvalue weighted by Gasteiger charge is 2.24. The largest absolute Gasteiger partial charge is 0.490 e. The Hall–Kier alpha value is -1.45. The minimum atomic E-state index is 0.000188. The quantitative estimate of drug-likeness (QED) is 0.814. The Kier molecular flexibility index (Phi) is 4.51. The second kappa shape index (κ2) is 6.54. The van der Waals surface area contributed by atoms with Crippen molar-refractivity contribution in [3.63, 3.8) is 0 Å². The SMILES string of the molecule is CCCNC(c1cccc(OC2CC2)c1)c1ccc(Cl)o1. The lowest BCUT2D eigenvalue weighted by Gasteiger charge is -2.17. The molecule has 0 bridgehead atoms. The van der Waals surface area contributed by atoms with Gasteiger partial charge in [0.2, 0.25) is 0 Å². The van der Waals surface area contributed by atoms with Gasteiger partial charge >= 0.3 is 0 Å². The fourth-order valence-corrected chi connectivity index (χ4v) is 2.45. The molecule has 1 heterocycles. The normalized spacial score (nSPS) is 15.9. The van der Waals surface area contributed by atoms with E-state index in [9.17, 15) is 0 Å². The molecule has 112 valence electrons. The molecule has 0 aliphatic heterocycles. The predicted molar refractivity (Wildman–Crippen MR) is 83.9 cm³/mol. The number of ether oxygens (including phenoxy) is 1. The van der Waals surface area contributed by atoms with E-state index in [0.29, 0.717) is 11.3 Å².